The lowest BCUT2D eigenvalue weighted by atomic mass is 9.98. The third-order valence-corrected chi connectivity index (χ3v) is 5.75. The number of halogens is 1. The first-order valence-electron chi connectivity index (χ1n) is 10.3. The Morgan fingerprint density at radius 3 is 2.59 bits per heavy atom. The fourth-order valence-corrected chi connectivity index (χ4v) is 3.87. The van der Waals surface area contributed by atoms with Crippen molar-refractivity contribution < 1.29 is 14.6 Å². The first-order valence-corrected chi connectivity index (χ1v) is 10.7. The van der Waals surface area contributed by atoms with Crippen LogP contribution in [0.1, 0.15) is 29.2 Å². The maximum Gasteiger partial charge on any atom is 0.262 e. The zero-order valence-corrected chi connectivity index (χ0v) is 18.4. The number of hydrogen-bond donors (Lipinski definition) is 2. The fourth-order valence-electron chi connectivity index (χ4n) is 3.69. The van der Waals surface area contributed by atoms with Crippen molar-refractivity contribution in [1.82, 2.24) is 5.01 Å². The van der Waals surface area contributed by atoms with E-state index in [0.29, 0.717) is 22.7 Å². The van der Waals surface area contributed by atoms with Gasteiger partial charge in [0, 0.05) is 6.42 Å². The van der Waals surface area contributed by atoms with Gasteiger partial charge < -0.3 is 15.2 Å². The maximum atomic E-state index is 13.2. The van der Waals surface area contributed by atoms with E-state index in [4.69, 9.17) is 16.3 Å². The summed E-state index contributed by atoms with van der Waals surface area (Å²) < 4.78 is 5.26. The van der Waals surface area contributed by atoms with Crippen LogP contribution in [0.25, 0.3) is 0 Å². The summed E-state index contributed by atoms with van der Waals surface area (Å²) in [5.41, 5.74) is 4.15. The van der Waals surface area contributed by atoms with E-state index in [1.165, 1.54) is 0 Å². The molecule has 1 atom stereocenters. The molecule has 1 unspecified atom stereocenters. The number of ether oxygens (including phenoxy) is 1. The molecule has 0 saturated heterocycles. The highest BCUT2D eigenvalue weighted by Crippen LogP contribution is 2.34. The Balaban J connectivity index is 1.57. The molecule has 0 spiro atoms. The first-order chi connectivity index (χ1) is 15.6. The van der Waals surface area contributed by atoms with Gasteiger partial charge in [0.1, 0.15) is 5.75 Å². The van der Waals surface area contributed by atoms with Crippen molar-refractivity contribution in [2.75, 3.05) is 19.0 Å². The van der Waals surface area contributed by atoms with Gasteiger partial charge in [-0.1, -0.05) is 60.1 Å². The van der Waals surface area contributed by atoms with Crippen molar-refractivity contribution in [3.63, 3.8) is 0 Å². The fraction of sp³-hybridized carbons (Fsp3) is 0.200. The summed E-state index contributed by atoms with van der Waals surface area (Å²) in [5, 5.41) is 19.2. The average Bonchev–Trinajstić information content (AvgIpc) is 3.29. The van der Waals surface area contributed by atoms with Crippen LogP contribution in [0.5, 0.6) is 5.75 Å². The molecular formula is C25H24ClN3O3. The molecule has 0 bridgehead atoms. The number of aliphatic hydroxyl groups is 1. The minimum atomic E-state index is -0.218. The monoisotopic (exact) mass is 449 g/mol. The highest BCUT2D eigenvalue weighted by molar-refractivity contribution is 6.33. The minimum absolute atomic E-state index is 0.0207. The van der Waals surface area contributed by atoms with E-state index in [0.717, 1.165) is 22.6 Å². The van der Waals surface area contributed by atoms with Gasteiger partial charge in [0.2, 0.25) is 0 Å². The highest BCUT2D eigenvalue weighted by atomic mass is 35.5. The zero-order chi connectivity index (χ0) is 22.5. The van der Waals surface area contributed by atoms with Gasteiger partial charge in [0.05, 0.1) is 42.7 Å². The molecule has 0 aromatic heterocycles. The SMILES string of the molecule is COc1ccc(C2CC(c3ccccc3)=NN2C(=O)CNc2cc(CO)ccc2Cl)cc1. The molecule has 1 aliphatic rings. The number of aliphatic hydroxyl groups excluding tert-OH is 1. The Hall–Kier alpha value is -3.35. The maximum absolute atomic E-state index is 13.2. The molecule has 3 aromatic carbocycles. The lowest BCUT2D eigenvalue weighted by Gasteiger charge is -2.23. The van der Waals surface area contributed by atoms with Crippen LogP contribution >= 0.6 is 11.6 Å². The summed E-state index contributed by atoms with van der Waals surface area (Å²) in [6, 6.07) is 22.5. The van der Waals surface area contributed by atoms with Crippen LogP contribution in [0.15, 0.2) is 77.9 Å². The molecule has 4 rings (SSSR count). The molecule has 3 aromatic rings. The Morgan fingerprint density at radius 1 is 1.16 bits per heavy atom. The number of methoxy groups -OCH3 is 1. The van der Waals surface area contributed by atoms with Crippen LogP contribution in [0.4, 0.5) is 5.69 Å². The van der Waals surface area contributed by atoms with Gasteiger partial charge in [-0.25, -0.2) is 5.01 Å². The number of anilines is 1. The number of hydrogen-bond acceptors (Lipinski definition) is 5. The summed E-state index contributed by atoms with van der Waals surface area (Å²) in [5.74, 6) is 0.580. The Kier molecular flexibility index (Phi) is 6.73. The molecule has 164 valence electrons. The lowest BCUT2D eigenvalue weighted by molar-refractivity contribution is -0.131. The summed E-state index contributed by atoms with van der Waals surface area (Å²) >= 11 is 6.24. The van der Waals surface area contributed by atoms with Crippen LogP contribution < -0.4 is 10.1 Å². The van der Waals surface area contributed by atoms with Gasteiger partial charge in [-0.3, -0.25) is 4.79 Å². The molecule has 0 saturated carbocycles. The molecule has 32 heavy (non-hydrogen) atoms. The van der Waals surface area contributed by atoms with Crippen LogP contribution in [-0.4, -0.2) is 35.4 Å². The summed E-state index contributed by atoms with van der Waals surface area (Å²) in [6.45, 7) is -0.0803. The van der Waals surface area contributed by atoms with Crippen molar-refractivity contribution in [3.05, 3.63) is 94.5 Å². The second kappa shape index (κ2) is 9.85. The van der Waals surface area contributed by atoms with E-state index in [1.807, 2.05) is 54.6 Å². The zero-order valence-electron chi connectivity index (χ0n) is 17.7. The highest BCUT2D eigenvalue weighted by Gasteiger charge is 2.33. The molecule has 0 aliphatic carbocycles. The normalized spacial score (nSPS) is 15.4. The molecule has 2 N–H and O–H groups in total. The number of hydrazone groups is 1. The van der Waals surface area contributed by atoms with Gasteiger partial charge in [-0.2, -0.15) is 5.10 Å². The quantitative estimate of drug-likeness (QED) is 0.551. The number of nitrogens with zero attached hydrogens (tertiary/aromatic N) is 2. The van der Waals surface area contributed by atoms with Crippen LogP contribution in [0.3, 0.4) is 0 Å². The third-order valence-electron chi connectivity index (χ3n) is 5.42. The van der Waals surface area contributed by atoms with E-state index < -0.39 is 0 Å². The van der Waals surface area contributed by atoms with E-state index in [1.54, 1.807) is 30.3 Å². The smallest absolute Gasteiger partial charge is 0.262 e. The Labute approximate surface area is 192 Å². The summed E-state index contributed by atoms with van der Waals surface area (Å²) in [4.78, 5) is 13.2. The molecule has 1 heterocycles. The predicted molar refractivity (Wildman–Crippen MR) is 126 cm³/mol. The van der Waals surface area contributed by atoms with Gasteiger partial charge >= 0.3 is 0 Å². The first kappa shape index (κ1) is 21.9. The molecule has 6 nitrogen and oxygen atoms in total. The van der Waals surface area contributed by atoms with E-state index in [9.17, 15) is 9.90 Å². The van der Waals surface area contributed by atoms with Crippen molar-refractivity contribution >= 4 is 28.9 Å². The van der Waals surface area contributed by atoms with Crippen molar-refractivity contribution in [2.45, 2.75) is 19.1 Å². The standard InChI is InChI=1S/C25H24ClN3O3/c1-32-20-10-8-19(9-11-20)24-14-22(18-5-3-2-4-6-18)28-29(24)25(31)15-27-23-13-17(16-30)7-12-21(23)26/h2-13,24,27,30H,14-16H2,1H3. The summed E-state index contributed by atoms with van der Waals surface area (Å²) in [6.07, 6.45) is 0.614. The number of amides is 1. The van der Waals surface area contributed by atoms with Gasteiger partial charge in [0.25, 0.3) is 5.91 Å². The molecule has 0 fully saturated rings. The molecular weight excluding hydrogens is 426 g/mol. The van der Waals surface area contributed by atoms with Gasteiger partial charge in [0.15, 0.2) is 0 Å². The predicted octanol–water partition coefficient (Wildman–Crippen LogP) is 4.63. The number of benzene rings is 3. The van der Waals surface area contributed by atoms with Crippen molar-refractivity contribution in [3.8, 4) is 5.75 Å². The minimum Gasteiger partial charge on any atom is -0.497 e. The largest absolute Gasteiger partial charge is 0.497 e. The average molecular weight is 450 g/mol. The second-order valence-corrected chi connectivity index (χ2v) is 7.88. The van der Waals surface area contributed by atoms with Crippen molar-refractivity contribution in [2.24, 2.45) is 5.10 Å². The van der Waals surface area contributed by atoms with Gasteiger partial charge in [-0.05, 0) is 41.0 Å². The number of rotatable bonds is 7. The van der Waals surface area contributed by atoms with Crippen molar-refractivity contribution in [1.29, 1.82) is 0 Å². The Morgan fingerprint density at radius 2 is 1.91 bits per heavy atom. The number of carbonyl (C=O) groups is 1. The Bertz CT molecular complexity index is 1120. The topological polar surface area (TPSA) is 74.2 Å². The van der Waals surface area contributed by atoms with Crippen LogP contribution in [-0.2, 0) is 11.4 Å². The van der Waals surface area contributed by atoms with E-state index in [-0.39, 0.29) is 25.1 Å². The molecule has 1 aliphatic heterocycles. The summed E-state index contributed by atoms with van der Waals surface area (Å²) in [7, 11) is 1.62. The van der Waals surface area contributed by atoms with E-state index in [2.05, 4.69) is 10.4 Å². The third kappa shape index (κ3) is 4.77. The van der Waals surface area contributed by atoms with Gasteiger partial charge in [-0.15, -0.1) is 0 Å². The number of nitrogens with one attached hydrogen (secondary N) is 1. The number of carbonyl (C=O) groups excluding carboxylic acids is 1. The van der Waals surface area contributed by atoms with Crippen LogP contribution in [0, 0.1) is 0 Å². The molecule has 7 heteroatoms. The molecule has 1 amide bonds. The second-order valence-electron chi connectivity index (χ2n) is 7.47. The lowest BCUT2D eigenvalue weighted by Crippen LogP contribution is -2.32. The van der Waals surface area contributed by atoms with Crippen LogP contribution in [0.2, 0.25) is 5.02 Å². The van der Waals surface area contributed by atoms with E-state index >= 15 is 0 Å². The molecule has 0 radical (unpaired) electrons.